The van der Waals surface area contributed by atoms with E-state index in [1.54, 1.807) is 38.2 Å². The minimum absolute atomic E-state index is 0.149. The lowest BCUT2D eigenvalue weighted by Gasteiger charge is -2.18. The minimum Gasteiger partial charge on any atom is -0.489 e. The quantitative estimate of drug-likeness (QED) is 0.724. The molecule has 0 unspecified atom stereocenters. The molecule has 6 nitrogen and oxygen atoms in total. The van der Waals surface area contributed by atoms with Crippen LogP contribution in [0.1, 0.15) is 11.3 Å². The first kappa shape index (κ1) is 18.6. The van der Waals surface area contributed by atoms with Crippen LogP contribution in [0.25, 0.3) is 11.4 Å². The number of pyridine rings is 1. The molecule has 140 valence electrons. The van der Waals surface area contributed by atoms with Crippen LogP contribution in [-0.4, -0.2) is 35.2 Å². The molecular formula is C20H21FN4O2. The number of aryl methyl sites for hydroxylation is 1. The van der Waals surface area contributed by atoms with Gasteiger partial charge in [0.05, 0.1) is 6.54 Å². The maximum absolute atomic E-state index is 13.5. The van der Waals surface area contributed by atoms with Crippen molar-refractivity contribution in [2.45, 2.75) is 13.8 Å². The number of halogens is 1. The third-order valence-corrected chi connectivity index (χ3v) is 4.33. The molecule has 7 heteroatoms. The zero-order chi connectivity index (χ0) is 19.4. The van der Waals surface area contributed by atoms with E-state index in [1.165, 1.54) is 6.07 Å². The van der Waals surface area contributed by atoms with E-state index in [9.17, 15) is 9.18 Å². The summed E-state index contributed by atoms with van der Waals surface area (Å²) in [5.74, 6) is 1.09. The molecule has 0 aliphatic rings. The predicted molar refractivity (Wildman–Crippen MR) is 103 cm³/mol. The number of H-pyrrole nitrogens is 1. The summed E-state index contributed by atoms with van der Waals surface area (Å²) in [6.45, 7) is 4.41. The molecule has 0 aliphatic heterocycles. The number of nitrogens with zero attached hydrogens (tertiary/aromatic N) is 3. The monoisotopic (exact) mass is 368 g/mol. The second kappa shape index (κ2) is 7.99. The maximum Gasteiger partial charge on any atom is 0.254 e. The van der Waals surface area contributed by atoms with Crippen LogP contribution >= 0.6 is 0 Å². The molecule has 2 heterocycles. The first-order valence-electron chi connectivity index (χ1n) is 8.58. The second-order valence-electron chi connectivity index (χ2n) is 6.23. The lowest BCUT2D eigenvalue weighted by atomic mass is 10.2. The highest BCUT2D eigenvalue weighted by atomic mass is 19.1. The Balaban J connectivity index is 1.64. The molecule has 0 aliphatic carbocycles. The van der Waals surface area contributed by atoms with Crippen molar-refractivity contribution in [3.8, 4) is 17.1 Å². The van der Waals surface area contributed by atoms with Crippen LogP contribution in [0.15, 0.2) is 47.4 Å². The van der Waals surface area contributed by atoms with Gasteiger partial charge < -0.3 is 14.6 Å². The first-order valence-corrected chi connectivity index (χ1v) is 8.58. The van der Waals surface area contributed by atoms with Gasteiger partial charge in [0.1, 0.15) is 18.2 Å². The summed E-state index contributed by atoms with van der Waals surface area (Å²) in [7, 11) is 1.88. The number of hydrogen-bond acceptors (Lipinski definition) is 5. The summed E-state index contributed by atoms with van der Waals surface area (Å²) in [6, 6.07) is 10.0. The number of anilines is 1. The fourth-order valence-corrected chi connectivity index (χ4v) is 2.50. The fourth-order valence-electron chi connectivity index (χ4n) is 2.50. The topological polar surface area (TPSA) is 71.1 Å². The number of benzene rings is 1. The van der Waals surface area contributed by atoms with Crippen molar-refractivity contribution in [3.05, 3.63) is 70.0 Å². The molecule has 0 atom stereocenters. The third-order valence-electron chi connectivity index (χ3n) is 4.33. The number of likely N-dealkylation sites (N-methyl/N-ethyl adjacent to an activating group) is 1. The Labute approximate surface area is 156 Å². The fraction of sp³-hybridized carbons (Fsp3) is 0.250. The van der Waals surface area contributed by atoms with E-state index >= 15 is 0 Å². The molecule has 0 bridgehead atoms. The average molecular weight is 368 g/mol. The largest absolute Gasteiger partial charge is 0.489 e. The van der Waals surface area contributed by atoms with Gasteiger partial charge >= 0.3 is 0 Å². The molecule has 0 amide bonds. The van der Waals surface area contributed by atoms with Gasteiger partial charge in [0.2, 0.25) is 0 Å². The summed E-state index contributed by atoms with van der Waals surface area (Å²) >= 11 is 0. The summed E-state index contributed by atoms with van der Waals surface area (Å²) in [5, 5.41) is 0. The predicted octanol–water partition coefficient (Wildman–Crippen LogP) is 3.10. The number of rotatable bonds is 6. The van der Waals surface area contributed by atoms with Crippen LogP contribution < -0.4 is 15.2 Å². The second-order valence-corrected chi connectivity index (χ2v) is 6.23. The van der Waals surface area contributed by atoms with Crippen LogP contribution in [0, 0.1) is 19.7 Å². The van der Waals surface area contributed by atoms with E-state index in [0.717, 1.165) is 11.4 Å². The molecule has 0 spiro atoms. The van der Waals surface area contributed by atoms with Gasteiger partial charge in [-0.3, -0.25) is 4.79 Å². The molecule has 1 N–H and O–H groups in total. The van der Waals surface area contributed by atoms with E-state index in [0.29, 0.717) is 30.2 Å². The van der Waals surface area contributed by atoms with Crippen molar-refractivity contribution in [1.29, 1.82) is 0 Å². The zero-order valence-electron chi connectivity index (χ0n) is 15.5. The van der Waals surface area contributed by atoms with Crippen LogP contribution in [0.5, 0.6) is 5.75 Å². The maximum atomic E-state index is 13.5. The number of para-hydroxylation sites is 1. The molecule has 1 aromatic carbocycles. The van der Waals surface area contributed by atoms with Crippen molar-refractivity contribution in [3.63, 3.8) is 0 Å². The molecule has 3 rings (SSSR count). The summed E-state index contributed by atoms with van der Waals surface area (Å²) in [6.07, 6.45) is 1.66. The highest BCUT2D eigenvalue weighted by molar-refractivity contribution is 5.56. The van der Waals surface area contributed by atoms with E-state index in [1.807, 2.05) is 24.1 Å². The van der Waals surface area contributed by atoms with E-state index in [4.69, 9.17) is 4.74 Å². The number of aromatic nitrogens is 3. The highest BCUT2D eigenvalue weighted by Crippen LogP contribution is 2.18. The lowest BCUT2D eigenvalue weighted by molar-refractivity contribution is 0.309. The highest BCUT2D eigenvalue weighted by Gasteiger charge is 2.09. The summed E-state index contributed by atoms with van der Waals surface area (Å²) in [5.41, 5.74) is 1.89. The van der Waals surface area contributed by atoms with Crippen molar-refractivity contribution in [2.24, 2.45) is 0 Å². The molecule has 0 radical (unpaired) electrons. The normalized spacial score (nSPS) is 10.7. The van der Waals surface area contributed by atoms with Gasteiger partial charge in [0.15, 0.2) is 11.6 Å². The molecule has 0 saturated carbocycles. The molecule has 2 aromatic heterocycles. The molecular weight excluding hydrogens is 347 g/mol. The Hall–Kier alpha value is -3.22. The van der Waals surface area contributed by atoms with Gasteiger partial charge in [0.25, 0.3) is 5.56 Å². The van der Waals surface area contributed by atoms with Crippen molar-refractivity contribution in [1.82, 2.24) is 15.0 Å². The van der Waals surface area contributed by atoms with Gasteiger partial charge in [0, 0.05) is 30.1 Å². The van der Waals surface area contributed by atoms with Crippen LogP contribution in [0.3, 0.4) is 0 Å². The minimum atomic E-state index is -0.377. The average Bonchev–Trinajstić information content (AvgIpc) is 2.67. The van der Waals surface area contributed by atoms with Gasteiger partial charge in [-0.25, -0.2) is 14.4 Å². The molecule has 3 aromatic rings. The van der Waals surface area contributed by atoms with Crippen LogP contribution in [0.2, 0.25) is 0 Å². The smallest absolute Gasteiger partial charge is 0.254 e. The van der Waals surface area contributed by atoms with E-state index < -0.39 is 0 Å². The molecule has 0 saturated heterocycles. The number of ether oxygens (including phenoxy) is 1. The Morgan fingerprint density at radius 1 is 1.19 bits per heavy atom. The summed E-state index contributed by atoms with van der Waals surface area (Å²) < 4.78 is 19.0. The van der Waals surface area contributed by atoms with Crippen LogP contribution in [0.4, 0.5) is 10.2 Å². The lowest BCUT2D eigenvalue weighted by Crippen LogP contribution is -2.24. The summed E-state index contributed by atoms with van der Waals surface area (Å²) in [4.78, 5) is 25.4. The molecule has 0 fully saturated rings. The standard InChI is InChI=1S/C20H21FN4O2/c1-13-14(2)23-19(24-20(13)26)15-8-9-18(22-12-15)25(3)10-11-27-17-7-5-4-6-16(17)21/h4-9,12H,10-11H2,1-3H3,(H,23,24,26). The van der Waals surface area contributed by atoms with Gasteiger partial charge in [-0.2, -0.15) is 0 Å². The Bertz CT molecular complexity index is 986. The van der Waals surface area contributed by atoms with Gasteiger partial charge in [-0.05, 0) is 38.1 Å². The van der Waals surface area contributed by atoms with E-state index in [-0.39, 0.29) is 17.1 Å². The Kier molecular flexibility index (Phi) is 5.49. The van der Waals surface area contributed by atoms with Crippen LogP contribution in [-0.2, 0) is 0 Å². The SMILES string of the molecule is Cc1nc(-c2ccc(N(C)CCOc3ccccc3F)nc2)[nH]c(=O)c1C. The zero-order valence-corrected chi connectivity index (χ0v) is 15.5. The molecule has 27 heavy (non-hydrogen) atoms. The van der Waals surface area contributed by atoms with Crippen molar-refractivity contribution in [2.75, 3.05) is 25.1 Å². The Morgan fingerprint density at radius 3 is 2.63 bits per heavy atom. The third kappa shape index (κ3) is 4.31. The Morgan fingerprint density at radius 2 is 1.96 bits per heavy atom. The van der Waals surface area contributed by atoms with Crippen molar-refractivity contribution < 1.29 is 9.13 Å². The first-order chi connectivity index (χ1) is 13.0. The van der Waals surface area contributed by atoms with E-state index in [2.05, 4.69) is 15.0 Å². The number of hydrogen-bond donors (Lipinski definition) is 1. The number of aromatic amines is 1. The van der Waals surface area contributed by atoms with Gasteiger partial charge in [-0.1, -0.05) is 12.1 Å². The number of nitrogens with one attached hydrogen (secondary N) is 1. The van der Waals surface area contributed by atoms with Gasteiger partial charge in [-0.15, -0.1) is 0 Å². The van der Waals surface area contributed by atoms with Crippen molar-refractivity contribution >= 4 is 5.82 Å².